The van der Waals surface area contributed by atoms with Gasteiger partial charge in [0, 0.05) is 19.7 Å². The van der Waals surface area contributed by atoms with Gasteiger partial charge in [0.25, 0.3) is 5.41 Å². The molecule has 0 saturated heterocycles. The second-order valence-corrected chi connectivity index (χ2v) is 5.02. The van der Waals surface area contributed by atoms with E-state index in [1.165, 1.54) is 0 Å². The van der Waals surface area contributed by atoms with E-state index >= 15 is 0 Å². The normalized spacial score (nSPS) is 14.0. The lowest BCUT2D eigenvalue weighted by atomic mass is 9.77. The van der Waals surface area contributed by atoms with Crippen LogP contribution >= 0.6 is 0 Å². The molecule has 0 aliphatic carbocycles. The van der Waals surface area contributed by atoms with Gasteiger partial charge in [-0.3, -0.25) is 0 Å². The zero-order chi connectivity index (χ0) is 20.2. The number of alkyl halides is 9. The molecule has 0 spiro atoms. The molecule has 1 aromatic carbocycles. The molecule has 0 amide bonds. The molecule has 0 aromatic heterocycles. The molecule has 0 aliphatic heterocycles. The summed E-state index contributed by atoms with van der Waals surface area (Å²) < 4.78 is 157. The molecule has 0 aliphatic rings. The van der Waals surface area contributed by atoms with E-state index in [1.807, 2.05) is 0 Å². The second-order valence-electron chi connectivity index (χ2n) is 5.02. The van der Waals surface area contributed by atoms with Crippen LogP contribution in [0, 0.1) is 17.5 Å². The molecule has 0 fully saturated rings. The molecule has 0 bridgehead atoms. The molecule has 0 unspecified atom stereocenters. The Balaban J connectivity index is 4.13. The van der Waals surface area contributed by atoms with E-state index in [4.69, 9.17) is 0 Å². The smallest absolute Gasteiger partial charge is 0.373 e. The average Bonchev–Trinajstić information content (AvgIpc) is 2.29. The molecule has 25 heavy (non-hydrogen) atoms. The van der Waals surface area contributed by atoms with Crippen LogP contribution in [0.4, 0.5) is 58.4 Å². The van der Waals surface area contributed by atoms with Crippen LogP contribution in [-0.2, 0) is 5.41 Å². The van der Waals surface area contributed by atoms with Crippen LogP contribution in [0.5, 0.6) is 0 Å². The van der Waals surface area contributed by atoms with E-state index in [-0.39, 0.29) is 0 Å². The van der Waals surface area contributed by atoms with Crippen LogP contribution in [0.1, 0.15) is 5.56 Å². The van der Waals surface area contributed by atoms with Gasteiger partial charge in [0.05, 0.1) is 0 Å². The molecule has 0 radical (unpaired) electrons. The van der Waals surface area contributed by atoms with Gasteiger partial charge in [-0.1, -0.05) is 0 Å². The third kappa shape index (κ3) is 2.97. The number of benzene rings is 1. The molecule has 1 rings (SSSR count). The Morgan fingerprint density at radius 1 is 0.680 bits per heavy atom. The minimum absolute atomic E-state index is 0.425. The molecular weight excluding hydrogens is 386 g/mol. The molecule has 0 heterocycles. The van der Waals surface area contributed by atoms with Gasteiger partial charge in [0.1, 0.15) is 11.5 Å². The van der Waals surface area contributed by atoms with Crippen molar-refractivity contribution in [2.45, 2.75) is 23.9 Å². The van der Waals surface area contributed by atoms with E-state index in [0.29, 0.717) is 4.90 Å². The third-order valence-electron chi connectivity index (χ3n) is 3.26. The number of anilines is 1. The molecule has 0 N–H and O–H groups in total. The van der Waals surface area contributed by atoms with Crippen LogP contribution in [0.25, 0.3) is 0 Å². The van der Waals surface area contributed by atoms with Crippen molar-refractivity contribution >= 4 is 5.69 Å². The highest BCUT2D eigenvalue weighted by Crippen LogP contribution is 2.61. The van der Waals surface area contributed by atoms with Crippen molar-refractivity contribution in [1.82, 2.24) is 0 Å². The number of rotatable bonds is 2. The summed E-state index contributed by atoms with van der Waals surface area (Å²) in [5.74, 6) is -7.97. The standard InChI is InChI=1S/C12H7F12N/c1-25(2)8-5(13)3-4(6(14)7(8)15)9(10(16,17)18,11(19,20)21)12(22,23)24/h3H,1-2H3. The minimum atomic E-state index is -7.19. The first-order chi connectivity index (χ1) is 10.9. The monoisotopic (exact) mass is 393 g/mol. The summed E-state index contributed by atoms with van der Waals surface area (Å²) in [6, 6.07) is -0.956. The maximum absolute atomic E-state index is 13.8. The Bertz CT molecular complexity index is 616. The van der Waals surface area contributed by atoms with Crippen LogP contribution in [0.2, 0.25) is 0 Å². The van der Waals surface area contributed by atoms with Gasteiger partial charge < -0.3 is 4.90 Å². The predicted molar refractivity (Wildman–Crippen MR) is 60.5 cm³/mol. The number of hydrogen-bond donors (Lipinski definition) is 0. The Hall–Kier alpha value is -1.82. The third-order valence-corrected chi connectivity index (χ3v) is 3.26. The van der Waals surface area contributed by atoms with Crippen molar-refractivity contribution in [1.29, 1.82) is 0 Å². The first-order valence-corrected chi connectivity index (χ1v) is 5.96. The summed E-state index contributed by atoms with van der Waals surface area (Å²) in [6.45, 7) is 0. The van der Waals surface area contributed by atoms with Gasteiger partial charge in [-0.05, 0) is 6.07 Å². The lowest BCUT2D eigenvalue weighted by Crippen LogP contribution is -2.63. The van der Waals surface area contributed by atoms with Crippen LogP contribution < -0.4 is 4.90 Å². The average molecular weight is 393 g/mol. The first kappa shape index (κ1) is 21.2. The maximum atomic E-state index is 13.8. The fourth-order valence-corrected chi connectivity index (χ4v) is 2.21. The van der Waals surface area contributed by atoms with E-state index in [1.54, 1.807) is 0 Å². The lowest BCUT2D eigenvalue weighted by Gasteiger charge is -2.39. The molecule has 144 valence electrons. The summed E-state index contributed by atoms with van der Waals surface area (Å²) in [6.07, 6.45) is -21.6. The van der Waals surface area contributed by atoms with Crippen molar-refractivity contribution in [3.63, 3.8) is 0 Å². The quantitative estimate of drug-likeness (QED) is 0.500. The van der Waals surface area contributed by atoms with Crippen LogP contribution in [-0.4, -0.2) is 32.6 Å². The lowest BCUT2D eigenvalue weighted by molar-refractivity contribution is -0.388. The van der Waals surface area contributed by atoms with Crippen LogP contribution in [0.3, 0.4) is 0 Å². The molecular formula is C12H7F12N. The molecule has 1 nitrogen and oxygen atoms in total. The minimum Gasteiger partial charge on any atom is -0.373 e. The van der Waals surface area contributed by atoms with Crippen molar-refractivity contribution in [2.24, 2.45) is 0 Å². The molecule has 13 heteroatoms. The molecule has 0 saturated carbocycles. The zero-order valence-electron chi connectivity index (χ0n) is 12.1. The summed E-state index contributed by atoms with van der Waals surface area (Å²) in [7, 11) is 1.68. The largest absolute Gasteiger partial charge is 0.416 e. The van der Waals surface area contributed by atoms with Gasteiger partial charge in [0.2, 0.25) is 0 Å². The van der Waals surface area contributed by atoms with Gasteiger partial charge in [0.15, 0.2) is 11.6 Å². The number of nitrogens with zero attached hydrogens (tertiary/aromatic N) is 1. The number of halogens is 12. The fraction of sp³-hybridized carbons (Fsp3) is 0.500. The van der Waals surface area contributed by atoms with E-state index in [2.05, 4.69) is 0 Å². The molecule has 1 aromatic rings. The van der Waals surface area contributed by atoms with E-state index in [0.717, 1.165) is 14.1 Å². The van der Waals surface area contributed by atoms with Crippen molar-refractivity contribution in [3.05, 3.63) is 29.1 Å². The van der Waals surface area contributed by atoms with Crippen molar-refractivity contribution in [2.75, 3.05) is 19.0 Å². The van der Waals surface area contributed by atoms with Gasteiger partial charge in [-0.25, -0.2) is 13.2 Å². The second kappa shape index (κ2) is 5.87. The van der Waals surface area contributed by atoms with Gasteiger partial charge in [-0.15, -0.1) is 0 Å². The first-order valence-electron chi connectivity index (χ1n) is 5.96. The highest BCUT2D eigenvalue weighted by molar-refractivity contribution is 5.52. The summed E-state index contributed by atoms with van der Waals surface area (Å²) in [5, 5.41) is 0. The van der Waals surface area contributed by atoms with Gasteiger partial charge >= 0.3 is 18.5 Å². The maximum Gasteiger partial charge on any atom is 0.416 e. The van der Waals surface area contributed by atoms with Crippen molar-refractivity contribution in [3.8, 4) is 0 Å². The highest BCUT2D eigenvalue weighted by Gasteiger charge is 2.85. The Morgan fingerprint density at radius 3 is 1.32 bits per heavy atom. The predicted octanol–water partition coefficient (Wildman–Crippen LogP) is 5.09. The Kier molecular flexibility index (Phi) is 4.98. The summed E-state index contributed by atoms with van der Waals surface area (Å²) in [4.78, 5) is 0.425. The summed E-state index contributed by atoms with van der Waals surface area (Å²) in [5.41, 5.74) is -11.5. The van der Waals surface area contributed by atoms with E-state index < -0.39 is 58.7 Å². The van der Waals surface area contributed by atoms with E-state index in [9.17, 15) is 52.7 Å². The topological polar surface area (TPSA) is 3.24 Å². The van der Waals surface area contributed by atoms with Gasteiger partial charge in [-0.2, -0.15) is 39.5 Å². The highest BCUT2D eigenvalue weighted by atomic mass is 19.4. The fourth-order valence-electron chi connectivity index (χ4n) is 2.21. The Morgan fingerprint density at radius 2 is 1.04 bits per heavy atom. The summed E-state index contributed by atoms with van der Waals surface area (Å²) >= 11 is 0. The SMILES string of the molecule is CN(C)c1c(F)cc(C(C(F)(F)F)(C(F)(F)F)C(F)(F)F)c(F)c1F. The number of hydrogen-bond acceptors (Lipinski definition) is 1. The Labute approximate surface area is 131 Å². The zero-order valence-corrected chi connectivity index (χ0v) is 12.1. The molecule has 0 atom stereocenters. The van der Waals surface area contributed by atoms with Crippen molar-refractivity contribution < 1.29 is 52.7 Å². The van der Waals surface area contributed by atoms with Crippen LogP contribution in [0.15, 0.2) is 6.07 Å².